The van der Waals surface area contributed by atoms with Crippen molar-refractivity contribution in [2.24, 2.45) is 0 Å². The third-order valence-corrected chi connectivity index (χ3v) is 8.83. The van der Waals surface area contributed by atoms with Gasteiger partial charge in [0.25, 0.3) is 10.0 Å². The van der Waals surface area contributed by atoms with Gasteiger partial charge in [0, 0.05) is 34.2 Å². The van der Waals surface area contributed by atoms with Crippen molar-refractivity contribution in [3.63, 3.8) is 0 Å². The van der Waals surface area contributed by atoms with Crippen LogP contribution in [0.3, 0.4) is 0 Å². The Morgan fingerprint density at radius 2 is 1.70 bits per heavy atom. The number of carbonyl (C=O) groups excluding carboxylic acids is 1. The summed E-state index contributed by atoms with van der Waals surface area (Å²) in [5.41, 5.74) is 0.831. The number of amides is 1. The number of sulfonamides is 1. The molecule has 37 heavy (non-hydrogen) atoms. The van der Waals surface area contributed by atoms with E-state index in [1.165, 1.54) is 48.2 Å². The number of fused-ring (bicyclic) bond motifs is 1. The molecule has 0 unspecified atom stereocenters. The Balaban J connectivity index is 1.44. The first-order valence-electron chi connectivity index (χ1n) is 11.2. The molecule has 3 aromatic carbocycles. The Morgan fingerprint density at radius 3 is 2.43 bits per heavy atom. The molecule has 0 saturated carbocycles. The molecule has 0 bridgehead atoms. The number of thioether (sulfide) groups is 1. The van der Waals surface area contributed by atoms with E-state index in [1.807, 2.05) is 0 Å². The lowest BCUT2D eigenvalue weighted by atomic mass is 10.2. The normalized spacial score (nSPS) is 12.7. The van der Waals surface area contributed by atoms with Crippen LogP contribution in [0.15, 0.2) is 65.6 Å². The lowest BCUT2D eigenvalue weighted by Gasteiger charge is -2.25. The van der Waals surface area contributed by atoms with Gasteiger partial charge in [-0.15, -0.1) is 0 Å². The number of nitrogens with zero attached hydrogens (tertiary/aromatic N) is 1. The smallest absolute Gasteiger partial charge is 0.264 e. The number of halogens is 3. The van der Waals surface area contributed by atoms with E-state index in [0.717, 1.165) is 15.9 Å². The second-order valence-corrected chi connectivity index (χ2v) is 11.7. The molecule has 4 rings (SSSR count). The Labute approximate surface area is 228 Å². The molecule has 7 nitrogen and oxygen atoms in total. The topological polar surface area (TPSA) is 84.9 Å². The van der Waals surface area contributed by atoms with Crippen LogP contribution in [0.2, 0.25) is 10.0 Å². The number of carbonyl (C=O) groups is 1. The van der Waals surface area contributed by atoms with Gasteiger partial charge in [0.15, 0.2) is 11.5 Å². The first kappa shape index (κ1) is 27.4. The van der Waals surface area contributed by atoms with Gasteiger partial charge in [-0.1, -0.05) is 35.3 Å². The molecule has 0 aromatic heterocycles. The van der Waals surface area contributed by atoms with Gasteiger partial charge in [-0.25, -0.2) is 12.8 Å². The van der Waals surface area contributed by atoms with Crippen molar-refractivity contribution in [2.75, 3.05) is 36.4 Å². The predicted octanol–water partition coefficient (Wildman–Crippen LogP) is 5.15. The molecular formula is C25H23Cl2FN2O5S2. The highest BCUT2D eigenvalue weighted by Crippen LogP contribution is 2.34. The van der Waals surface area contributed by atoms with Crippen LogP contribution in [0.5, 0.6) is 11.5 Å². The van der Waals surface area contributed by atoms with Crippen molar-refractivity contribution in [3.05, 3.63) is 82.1 Å². The summed E-state index contributed by atoms with van der Waals surface area (Å²) in [7, 11) is -4.24. The molecule has 1 aliphatic heterocycles. The number of benzene rings is 3. The van der Waals surface area contributed by atoms with Gasteiger partial charge in [0.2, 0.25) is 5.91 Å². The van der Waals surface area contributed by atoms with E-state index in [9.17, 15) is 17.6 Å². The molecule has 1 aliphatic rings. The molecule has 12 heteroatoms. The number of rotatable bonds is 10. The van der Waals surface area contributed by atoms with Crippen molar-refractivity contribution in [2.45, 2.75) is 10.6 Å². The zero-order chi connectivity index (χ0) is 26.4. The SMILES string of the molecule is O=C(CN(c1cccc(F)c1)S(=O)(=O)c1ccc2c(c1)OCCO2)NCCSCc1c(Cl)cccc1Cl. The maximum absolute atomic E-state index is 14.0. The summed E-state index contributed by atoms with van der Waals surface area (Å²) < 4.78 is 52.9. The van der Waals surface area contributed by atoms with Crippen LogP contribution in [0.25, 0.3) is 0 Å². The zero-order valence-corrected chi connectivity index (χ0v) is 22.6. The maximum atomic E-state index is 14.0. The van der Waals surface area contributed by atoms with E-state index < -0.39 is 28.3 Å². The van der Waals surface area contributed by atoms with Gasteiger partial charge in [-0.2, -0.15) is 11.8 Å². The lowest BCUT2D eigenvalue weighted by molar-refractivity contribution is -0.119. The number of anilines is 1. The van der Waals surface area contributed by atoms with E-state index in [4.69, 9.17) is 32.7 Å². The highest BCUT2D eigenvalue weighted by atomic mass is 35.5. The van der Waals surface area contributed by atoms with Gasteiger partial charge < -0.3 is 14.8 Å². The average Bonchev–Trinajstić information content (AvgIpc) is 2.88. The Hall–Kier alpha value is -2.66. The largest absolute Gasteiger partial charge is 0.486 e. The summed E-state index contributed by atoms with van der Waals surface area (Å²) in [5.74, 6) is 0.642. The van der Waals surface area contributed by atoms with E-state index in [2.05, 4.69) is 5.32 Å². The van der Waals surface area contributed by atoms with Crippen LogP contribution in [0.1, 0.15) is 5.56 Å². The van der Waals surface area contributed by atoms with Crippen LogP contribution >= 0.6 is 35.0 Å². The molecule has 0 aliphatic carbocycles. The summed E-state index contributed by atoms with van der Waals surface area (Å²) in [6.45, 7) is 0.388. The minimum Gasteiger partial charge on any atom is -0.486 e. The summed E-state index contributed by atoms with van der Waals surface area (Å²) in [5, 5.41) is 3.85. The molecular weight excluding hydrogens is 562 g/mol. The summed E-state index contributed by atoms with van der Waals surface area (Å²) in [6.07, 6.45) is 0. The quantitative estimate of drug-likeness (QED) is 0.332. The molecule has 0 spiro atoms. The highest BCUT2D eigenvalue weighted by molar-refractivity contribution is 7.98. The fraction of sp³-hybridized carbons (Fsp3) is 0.240. The predicted molar refractivity (Wildman–Crippen MR) is 144 cm³/mol. The van der Waals surface area contributed by atoms with Gasteiger partial charge in [0.1, 0.15) is 25.6 Å². The van der Waals surface area contributed by atoms with E-state index in [0.29, 0.717) is 33.9 Å². The van der Waals surface area contributed by atoms with Crippen molar-refractivity contribution in [1.29, 1.82) is 0 Å². The zero-order valence-electron chi connectivity index (χ0n) is 19.5. The monoisotopic (exact) mass is 584 g/mol. The maximum Gasteiger partial charge on any atom is 0.264 e. The van der Waals surface area contributed by atoms with E-state index in [-0.39, 0.29) is 29.5 Å². The molecule has 1 N–H and O–H groups in total. The Bertz CT molecular complexity index is 1370. The minimum absolute atomic E-state index is 0.0211. The molecule has 1 heterocycles. The number of ether oxygens (including phenoxy) is 2. The molecule has 3 aromatic rings. The molecule has 1 amide bonds. The van der Waals surface area contributed by atoms with Gasteiger partial charge >= 0.3 is 0 Å². The van der Waals surface area contributed by atoms with Crippen LogP contribution in [-0.2, 0) is 20.6 Å². The Morgan fingerprint density at radius 1 is 1.00 bits per heavy atom. The lowest BCUT2D eigenvalue weighted by Crippen LogP contribution is -2.41. The van der Waals surface area contributed by atoms with E-state index in [1.54, 1.807) is 18.2 Å². The van der Waals surface area contributed by atoms with Crippen molar-refractivity contribution in [3.8, 4) is 11.5 Å². The van der Waals surface area contributed by atoms with Crippen LogP contribution in [0, 0.1) is 5.82 Å². The first-order valence-corrected chi connectivity index (χ1v) is 14.6. The van der Waals surface area contributed by atoms with Gasteiger partial charge in [-0.05, 0) is 48.0 Å². The van der Waals surface area contributed by atoms with Crippen molar-refractivity contribution >= 4 is 56.6 Å². The van der Waals surface area contributed by atoms with E-state index >= 15 is 0 Å². The minimum atomic E-state index is -4.24. The van der Waals surface area contributed by atoms with Crippen LogP contribution < -0.4 is 19.1 Å². The molecule has 0 atom stereocenters. The second kappa shape index (κ2) is 12.3. The summed E-state index contributed by atoms with van der Waals surface area (Å²) >= 11 is 13.9. The fourth-order valence-corrected chi connectivity index (χ4v) is 6.58. The summed E-state index contributed by atoms with van der Waals surface area (Å²) in [4.78, 5) is 12.6. The van der Waals surface area contributed by atoms with Crippen molar-refractivity contribution < 1.29 is 27.1 Å². The molecule has 0 fully saturated rings. The molecule has 196 valence electrons. The Kier molecular flexibility index (Phi) is 9.07. The molecule has 0 saturated heterocycles. The summed E-state index contributed by atoms with van der Waals surface area (Å²) in [6, 6.07) is 14.5. The number of hydrogen-bond donors (Lipinski definition) is 1. The highest BCUT2D eigenvalue weighted by Gasteiger charge is 2.29. The molecule has 0 radical (unpaired) electrons. The first-order chi connectivity index (χ1) is 17.8. The third kappa shape index (κ3) is 6.81. The van der Waals surface area contributed by atoms with Crippen molar-refractivity contribution in [1.82, 2.24) is 5.32 Å². The average molecular weight is 586 g/mol. The van der Waals surface area contributed by atoms with Gasteiger partial charge in [0.05, 0.1) is 10.6 Å². The number of hydrogen-bond acceptors (Lipinski definition) is 6. The van der Waals surface area contributed by atoms with Gasteiger partial charge in [-0.3, -0.25) is 9.10 Å². The van der Waals surface area contributed by atoms with Crippen LogP contribution in [0.4, 0.5) is 10.1 Å². The second-order valence-electron chi connectivity index (χ2n) is 7.90. The standard InChI is InChI=1S/C25H23Cl2FN2O5S2/c26-21-5-2-6-22(27)20(21)16-36-12-9-29-25(31)15-30(18-4-1-3-17(28)13-18)37(32,33)19-7-8-23-24(14-19)35-11-10-34-23/h1-8,13-14H,9-12,15-16H2,(H,29,31). The van der Waals surface area contributed by atoms with Crippen LogP contribution in [-0.4, -0.2) is 46.4 Å². The fourth-order valence-electron chi connectivity index (χ4n) is 3.55. The number of nitrogens with one attached hydrogen (secondary N) is 1. The third-order valence-electron chi connectivity index (χ3n) is 5.36.